The average Bonchev–Trinajstić information content (AvgIpc) is 2.37. The number of rotatable bonds is 2. The smallest absolute Gasteiger partial charge is 0.268 e. The number of nitrogens with one attached hydrogen (secondary N) is 2. The molecule has 0 aliphatic carbocycles. The summed E-state index contributed by atoms with van der Waals surface area (Å²) in [6, 6.07) is -0.561. The molecule has 0 aromatic rings. The van der Waals surface area contributed by atoms with E-state index >= 15 is 0 Å². The Kier molecular flexibility index (Phi) is 2.82. The lowest BCUT2D eigenvalue weighted by atomic mass is 10.3. The van der Waals surface area contributed by atoms with Gasteiger partial charge in [0.25, 0.3) is 5.91 Å². The zero-order valence-electron chi connectivity index (χ0n) is 6.66. The van der Waals surface area contributed by atoms with Gasteiger partial charge in [-0.25, -0.2) is 5.48 Å². The summed E-state index contributed by atoms with van der Waals surface area (Å²) in [5.41, 5.74) is 2.14. The monoisotopic (exact) mass is 170 g/mol. The highest BCUT2D eigenvalue weighted by Gasteiger charge is 2.25. The van der Waals surface area contributed by atoms with E-state index in [0.29, 0.717) is 0 Å². The van der Waals surface area contributed by atoms with Crippen molar-refractivity contribution in [1.29, 1.82) is 0 Å². The molecule has 2 N–H and O–H groups in total. The standard InChI is InChI=1S/C7H10N2O3/c1-2-3-6(10)8-5-4-12-9-7(5)11/h2-3,5H,4H2,1H3,(H,8,10)(H,9,11)/t5-/m1/s1. The van der Waals surface area contributed by atoms with Gasteiger partial charge in [-0.05, 0) is 13.0 Å². The van der Waals surface area contributed by atoms with E-state index in [4.69, 9.17) is 0 Å². The molecule has 1 heterocycles. The van der Waals surface area contributed by atoms with Gasteiger partial charge in [-0.3, -0.25) is 14.4 Å². The maximum absolute atomic E-state index is 10.9. The van der Waals surface area contributed by atoms with E-state index in [9.17, 15) is 9.59 Å². The van der Waals surface area contributed by atoms with Gasteiger partial charge in [0, 0.05) is 0 Å². The molecule has 0 radical (unpaired) electrons. The fourth-order valence-electron chi connectivity index (χ4n) is 0.821. The number of hydroxylamine groups is 1. The van der Waals surface area contributed by atoms with E-state index < -0.39 is 6.04 Å². The second-order valence-electron chi connectivity index (χ2n) is 2.34. The molecule has 5 heteroatoms. The highest BCUT2D eigenvalue weighted by atomic mass is 16.7. The van der Waals surface area contributed by atoms with E-state index in [-0.39, 0.29) is 18.4 Å². The third kappa shape index (κ3) is 2.06. The number of allylic oxidation sites excluding steroid dienone is 1. The molecule has 0 spiro atoms. The molecule has 1 rings (SSSR count). The predicted molar refractivity (Wildman–Crippen MR) is 40.8 cm³/mol. The number of carbonyl (C=O) groups is 2. The summed E-state index contributed by atoms with van der Waals surface area (Å²) in [7, 11) is 0. The number of hydrogen-bond acceptors (Lipinski definition) is 3. The van der Waals surface area contributed by atoms with Gasteiger partial charge in [0.2, 0.25) is 5.91 Å². The third-order valence-corrected chi connectivity index (χ3v) is 1.37. The largest absolute Gasteiger partial charge is 0.339 e. The Hall–Kier alpha value is -1.36. The first-order valence-corrected chi connectivity index (χ1v) is 3.59. The van der Waals surface area contributed by atoms with Crippen LogP contribution in [0.5, 0.6) is 0 Å². The lowest BCUT2D eigenvalue weighted by Gasteiger charge is -2.04. The summed E-state index contributed by atoms with van der Waals surface area (Å²) in [6.07, 6.45) is 2.95. The van der Waals surface area contributed by atoms with Crippen LogP contribution >= 0.6 is 0 Å². The van der Waals surface area contributed by atoms with Crippen LogP contribution in [0.15, 0.2) is 12.2 Å². The first kappa shape index (κ1) is 8.73. The Balaban J connectivity index is 2.40. The number of carbonyl (C=O) groups excluding carboxylic acids is 2. The van der Waals surface area contributed by atoms with Crippen LogP contribution in [0.4, 0.5) is 0 Å². The molecule has 5 nitrogen and oxygen atoms in total. The van der Waals surface area contributed by atoms with Crippen LogP contribution in [-0.2, 0) is 14.4 Å². The zero-order valence-corrected chi connectivity index (χ0v) is 6.66. The van der Waals surface area contributed by atoms with Crippen molar-refractivity contribution in [3.8, 4) is 0 Å². The Morgan fingerprint density at radius 3 is 3.08 bits per heavy atom. The Morgan fingerprint density at radius 1 is 1.83 bits per heavy atom. The van der Waals surface area contributed by atoms with Gasteiger partial charge in [-0.1, -0.05) is 6.08 Å². The van der Waals surface area contributed by atoms with Crippen LogP contribution < -0.4 is 10.8 Å². The van der Waals surface area contributed by atoms with E-state index in [2.05, 4.69) is 15.6 Å². The molecule has 1 aliphatic rings. The molecule has 1 aliphatic heterocycles. The summed E-state index contributed by atoms with van der Waals surface area (Å²) in [6.45, 7) is 1.91. The summed E-state index contributed by atoms with van der Waals surface area (Å²) in [4.78, 5) is 26.4. The van der Waals surface area contributed by atoms with Gasteiger partial charge in [-0.15, -0.1) is 0 Å². The minimum Gasteiger partial charge on any atom is -0.339 e. The molecule has 0 unspecified atom stereocenters. The fraction of sp³-hybridized carbons (Fsp3) is 0.429. The predicted octanol–water partition coefficient (Wildman–Crippen LogP) is -0.891. The molecule has 66 valence electrons. The second-order valence-corrected chi connectivity index (χ2v) is 2.34. The topological polar surface area (TPSA) is 67.4 Å². The highest BCUT2D eigenvalue weighted by molar-refractivity contribution is 5.93. The van der Waals surface area contributed by atoms with Gasteiger partial charge >= 0.3 is 0 Å². The summed E-state index contributed by atoms with van der Waals surface area (Å²) >= 11 is 0. The van der Waals surface area contributed by atoms with Crippen molar-refractivity contribution < 1.29 is 14.4 Å². The summed E-state index contributed by atoms with van der Waals surface area (Å²) in [5, 5.41) is 2.47. The van der Waals surface area contributed by atoms with Gasteiger partial charge in [0.05, 0.1) is 0 Å². The quantitative estimate of drug-likeness (QED) is 0.528. The molecule has 1 fully saturated rings. The first-order chi connectivity index (χ1) is 5.74. The van der Waals surface area contributed by atoms with Crippen molar-refractivity contribution in [2.45, 2.75) is 13.0 Å². The molecule has 2 amide bonds. The van der Waals surface area contributed by atoms with Gasteiger partial charge < -0.3 is 5.32 Å². The Morgan fingerprint density at radius 2 is 2.58 bits per heavy atom. The molecule has 0 aromatic heterocycles. The van der Waals surface area contributed by atoms with Gasteiger partial charge in [0.1, 0.15) is 12.6 Å². The van der Waals surface area contributed by atoms with Crippen molar-refractivity contribution in [3.05, 3.63) is 12.2 Å². The molecule has 0 bridgehead atoms. The molecule has 12 heavy (non-hydrogen) atoms. The maximum Gasteiger partial charge on any atom is 0.268 e. The number of amides is 2. The van der Waals surface area contributed by atoms with Crippen LogP contribution in [0.2, 0.25) is 0 Å². The van der Waals surface area contributed by atoms with Crippen LogP contribution in [0.25, 0.3) is 0 Å². The first-order valence-electron chi connectivity index (χ1n) is 3.59. The second kappa shape index (κ2) is 3.87. The van der Waals surface area contributed by atoms with Crippen LogP contribution in [0.3, 0.4) is 0 Å². The highest BCUT2D eigenvalue weighted by Crippen LogP contribution is 1.93. The van der Waals surface area contributed by atoms with Crippen LogP contribution in [0, 0.1) is 0 Å². The van der Waals surface area contributed by atoms with Crippen LogP contribution in [-0.4, -0.2) is 24.5 Å². The van der Waals surface area contributed by atoms with E-state index in [0.717, 1.165) is 0 Å². The molecular formula is C7H10N2O3. The third-order valence-electron chi connectivity index (χ3n) is 1.37. The molecule has 1 atom stereocenters. The minimum absolute atomic E-state index is 0.183. The van der Waals surface area contributed by atoms with E-state index in [1.165, 1.54) is 6.08 Å². The fourth-order valence-corrected chi connectivity index (χ4v) is 0.821. The van der Waals surface area contributed by atoms with Crippen molar-refractivity contribution in [2.24, 2.45) is 0 Å². The average molecular weight is 170 g/mol. The van der Waals surface area contributed by atoms with Gasteiger partial charge in [0.15, 0.2) is 0 Å². The van der Waals surface area contributed by atoms with Crippen molar-refractivity contribution in [2.75, 3.05) is 6.61 Å². The molecule has 1 saturated heterocycles. The zero-order chi connectivity index (χ0) is 8.97. The normalized spacial score (nSPS) is 22.8. The van der Waals surface area contributed by atoms with Crippen molar-refractivity contribution in [1.82, 2.24) is 10.8 Å². The van der Waals surface area contributed by atoms with Gasteiger partial charge in [-0.2, -0.15) is 0 Å². The van der Waals surface area contributed by atoms with Crippen molar-refractivity contribution >= 4 is 11.8 Å². The van der Waals surface area contributed by atoms with Crippen molar-refractivity contribution in [3.63, 3.8) is 0 Å². The SMILES string of the molecule is CC=CC(=O)N[C@@H]1CONC1=O. The molecular weight excluding hydrogens is 160 g/mol. The Labute approximate surface area is 69.7 Å². The van der Waals surface area contributed by atoms with E-state index in [1.807, 2.05) is 0 Å². The summed E-state index contributed by atoms with van der Waals surface area (Å²) in [5.74, 6) is -0.601. The maximum atomic E-state index is 10.9. The summed E-state index contributed by atoms with van der Waals surface area (Å²) < 4.78 is 0. The lowest BCUT2D eigenvalue weighted by molar-refractivity contribution is -0.127. The Bertz CT molecular complexity index is 225. The molecule has 0 saturated carbocycles. The number of hydrogen-bond donors (Lipinski definition) is 2. The lowest BCUT2D eigenvalue weighted by Crippen LogP contribution is -2.40. The van der Waals surface area contributed by atoms with E-state index in [1.54, 1.807) is 13.0 Å². The minimum atomic E-state index is -0.561. The molecule has 0 aromatic carbocycles. The van der Waals surface area contributed by atoms with Crippen LogP contribution in [0.1, 0.15) is 6.92 Å².